The van der Waals surface area contributed by atoms with Crippen molar-refractivity contribution in [1.29, 1.82) is 0 Å². The minimum absolute atomic E-state index is 0.327. The SMILES string of the molecule is NCCOCCOc1cc(F)ccc1N. The number of anilines is 1. The quantitative estimate of drug-likeness (QED) is 0.542. The van der Waals surface area contributed by atoms with Gasteiger partial charge in [0.25, 0.3) is 0 Å². The predicted molar refractivity (Wildman–Crippen MR) is 56.2 cm³/mol. The van der Waals surface area contributed by atoms with Crippen LogP contribution in [-0.2, 0) is 4.74 Å². The maximum atomic E-state index is 12.8. The van der Waals surface area contributed by atoms with Crippen LogP contribution >= 0.6 is 0 Å². The Labute approximate surface area is 88.0 Å². The summed E-state index contributed by atoms with van der Waals surface area (Å²) in [5, 5.41) is 0. The van der Waals surface area contributed by atoms with Crippen LogP contribution in [0.1, 0.15) is 0 Å². The highest BCUT2D eigenvalue weighted by Gasteiger charge is 2.01. The molecule has 84 valence electrons. The minimum atomic E-state index is -0.373. The summed E-state index contributed by atoms with van der Waals surface area (Å²) in [5.41, 5.74) is 11.2. The number of nitrogen functional groups attached to an aromatic ring is 1. The van der Waals surface area contributed by atoms with Gasteiger partial charge >= 0.3 is 0 Å². The van der Waals surface area contributed by atoms with Crippen molar-refractivity contribution in [1.82, 2.24) is 0 Å². The van der Waals surface area contributed by atoms with E-state index in [2.05, 4.69) is 0 Å². The van der Waals surface area contributed by atoms with Gasteiger partial charge < -0.3 is 20.9 Å². The van der Waals surface area contributed by atoms with Gasteiger partial charge in [0.1, 0.15) is 18.2 Å². The van der Waals surface area contributed by atoms with Crippen LogP contribution < -0.4 is 16.2 Å². The van der Waals surface area contributed by atoms with Crippen molar-refractivity contribution in [2.45, 2.75) is 0 Å². The lowest BCUT2D eigenvalue weighted by atomic mass is 10.3. The lowest BCUT2D eigenvalue weighted by Gasteiger charge is -2.08. The summed E-state index contributed by atoms with van der Waals surface area (Å²) in [6, 6.07) is 4.00. The molecule has 0 bridgehead atoms. The molecular formula is C10H15FN2O2. The van der Waals surface area contributed by atoms with Gasteiger partial charge in [-0.3, -0.25) is 0 Å². The molecule has 4 N–H and O–H groups in total. The van der Waals surface area contributed by atoms with E-state index in [9.17, 15) is 4.39 Å². The van der Waals surface area contributed by atoms with Crippen LogP contribution in [0.4, 0.5) is 10.1 Å². The molecule has 0 saturated heterocycles. The van der Waals surface area contributed by atoms with Crippen molar-refractivity contribution in [2.24, 2.45) is 5.73 Å². The first kappa shape index (κ1) is 11.7. The third-order valence-corrected chi connectivity index (χ3v) is 1.72. The molecule has 0 spiro atoms. The second-order valence-electron chi connectivity index (χ2n) is 2.93. The smallest absolute Gasteiger partial charge is 0.145 e. The molecule has 0 aliphatic rings. The molecule has 0 saturated carbocycles. The molecule has 1 aromatic rings. The molecule has 0 radical (unpaired) electrons. The molecule has 0 atom stereocenters. The zero-order valence-corrected chi connectivity index (χ0v) is 8.41. The number of ether oxygens (including phenoxy) is 2. The van der Waals surface area contributed by atoms with E-state index in [1.807, 2.05) is 0 Å². The zero-order chi connectivity index (χ0) is 11.1. The molecule has 0 aromatic heterocycles. The number of halogens is 1. The van der Waals surface area contributed by atoms with E-state index in [1.165, 1.54) is 18.2 Å². The van der Waals surface area contributed by atoms with Gasteiger partial charge in [0.2, 0.25) is 0 Å². The first-order valence-corrected chi connectivity index (χ1v) is 4.69. The van der Waals surface area contributed by atoms with E-state index < -0.39 is 0 Å². The maximum Gasteiger partial charge on any atom is 0.145 e. The normalized spacial score (nSPS) is 10.3. The topological polar surface area (TPSA) is 70.5 Å². The summed E-state index contributed by atoms with van der Waals surface area (Å²) in [4.78, 5) is 0. The monoisotopic (exact) mass is 214 g/mol. The molecule has 0 fully saturated rings. The summed E-state index contributed by atoms with van der Waals surface area (Å²) in [6.45, 7) is 1.70. The van der Waals surface area contributed by atoms with Gasteiger partial charge in [0.05, 0.1) is 18.9 Å². The molecule has 4 nitrogen and oxygen atoms in total. The Morgan fingerprint density at radius 2 is 2.00 bits per heavy atom. The molecule has 0 aliphatic heterocycles. The maximum absolute atomic E-state index is 12.8. The average Bonchev–Trinajstić information content (AvgIpc) is 2.23. The van der Waals surface area contributed by atoms with Gasteiger partial charge in [-0.1, -0.05) is 0 Å². The lowest BCUT2D eigenvalue weighted by Crippen LogP contribution is -2.13. The van der Waals surface area contributed by atoms with Crippen LogP contribution in [0.3, 0.4) is 0 Å². The second kappa shape index (κ2) is 6.21. The largest absolute Gasteiger partial charge is 0.489 e. The molecule has 5 heteroatoms. The fourth-order valence-corrected chi connectivity index (χ4v) is 1.03. The standard InChI is InChI=1S/C10H15FN2O2/c11-8-1-2-9(13)10(7-8)15-6-5-14-4-3-12/h1-2,7H,3-6,12-13H2. The molecule has 15 heavy (non-hydrogen) atoms. The fraction of sp³-hybridized carbons (Fsp3) is 0.400. The first-order valence-electron chi connectivity index (χ1n) is 4.69. The highest BCUT2D eigenvalue weighted by Crippen LogP contribution is 2.21. The highest BCUT2D eigenvalue weighted by molar-refractivity contribution is 5.52. The van der Waals surface area contributed by atoms with Crippen LogP contribution in [0.5, 0.6) is 5.75 Å². The molecule has 0 heterocycles. The first-order chi connectivity index (χ1) is 7.24. The third-order valence-electron chi connectivity index (χ3n) is 1.72. The molecule has 0 amide bonds. The van der Waals surface area contributed by atoms with Crippen molar-refractivity contribution < 1.29 is 13.9 Å². The third kappa shape index (κ3) is 4.14. The van der Waals surface area contributed by atoms with Gasteiger partial charge in [-0.25, -0.2) is 4.39 Å². The molecule has 1 rings (SSSR count). The summed E-state index contributed by atoms with van der Waals surface area (Å²) in [6.07, 6.45) is 0. The van der Waals surface area contributed by atoms with Gasteiger partial charge in [-0.05, 0) is 12.1 Å². The van der Waals surface area contributed by atoms with Crippen molar-refractivity contribution in [3.8, 4) is 5.75 Å². The Bertz CT molecular complexity index is 307. The summed E-state index contributed by atoms with van der Waals surface area (Å²) >= 11 is 0. The predicted octanol–water partition coefficient (Wildman–Crippen LogP) is 0.762. The van der Waals surface area contributed by atoms with Crippen LogP contribution in [0, 0.1) is 5.82 Å². The number of rotatable bonds is 6. The Hall–Kier alpha value is -1.33. The van der Waals surface area contributed by atoms with Crippen LogP contribution in [0.15, 0.2) is 18.2 Å². The summed E-state index contributed by atoms with van der Waals surface area (Å²) < 4.78 is 23.1. The van der Waals surface area contributed by atoms with E-state index in [0.29, 0.717) is 37.8 Å². The Morgan fingerprint density at radius 1 is 1.20 bits per heavy atom. The Kier molecular flexibility index (Phi) is 4.86. The highest BCUT2D eigenvalue weighted by atomic mass is 19.1. The fourth-order valence-electron chi connectivity index (χ4n) is 1.03. The van der Waals surface area contributed by atoms with E-state index in [0.717, 1.165) is 0 Å². The number of benzene rings is 1. The molecule has 0 unspecified atom stereocenters. The Balaban J connectivity index is 2.33. The van der Waals surface area contributed by atoms with Crippen molar-refractivity contribution in [3.05, 3.63) is 24.0 Å². The van der Waals surface area contributed by atoms with E-state index in [1.54, 1.807) is 0 Å². The van der Waals surface area contributed by atoms with Crippen molar-refractivity contribution in [3.63, 3.8) is 0 Å². The molecule has 0 aliphatic carbocycles. The van der Waals surface area contributed by atoms with Crippen LogP contribution in [0.2, 0.25) is 0 Å². The van der Waals surface area contributed by atoms with E-state index in [-0.39, 0.29) is 5.82 Å². The van der Waals surface area contributed by atoms with Gasteiger partial charge in [0.15, 0.2) is 0 Å². The summed E-state index contributed by atoms with van der Waals surface area (Å²) in [7, 11) is 0. The van der Waals surface area contributed by atoms with Gasteiger partial charge in [0, 0.05) is 12.6 Å². The number of nitrogens with two attached hydrogens (primary N) is 2. The number of hydrogen-bond donors (Lipinski definition) is 2. The van der Waals surface area contributed by atoms with Crippen molar-refractivity contribution >= 4 is 5.69 Å². The lowest BCUT2D eigenvalue weighted by molar-refractivity contribution is 0.106. The minimum Gasteiger partial charge on any atom is -0.489 e. The summed E-state index contributed by atoms with van der Waals surface area (Å²) in [5.74, 6) is -0.0339. The molecule has 1 aromatic carbocycles. The van der Waals surface area contributed by atoms with Crippen molar-refractivity contribution in [2.75, 3.05) is 32.1 Å². The van der Waals surface area contributed by atoms with Gasteiger partial charge in [-0.15, -0.1) is 0 Å². The number of hydrogen-bond acceptors (Lipinski definition) is 4. The zero-order valence-electron chi connectivity index (χ0n) is 8.41. The van der Waals surface area contributed by atoms with Gasteiger partial charge in [-0.2, -0.15) is 0 Å². The average molecular weight is 214 g/mol. The second-order valence-corrected chi connectivity index (χ2v) is 2.93. The van der Waals surface area contributed by atoms with Crippen LogP contribution in [-0.4, -0.2) is 26.4 Å². The molecular weight excluding hydrogens is 199 g/mol. The van der Waals surface area contributed by atoms with Crippen LogP contribution in [0.25, 0.3) is 0 Å². The Morgan fingerprint density at radius 3 is 2.73 bits per heavy atom. The van der Waals surface area contributed by atoms with E-state index in [4.69, 9.17) is 20.9 Å². The van der Waals surface area contributed by atoms with E-state index >= 15 is 0 Å².